The van der Waals surface area contributed by atoms with Gasteiger partial charge in [0.15, 0.2) is 0 Å². The summed E-state index contributed by atoms with van der Waals surface area (Å²) in [5.74, 6) is -0.553. The molecule has 1 atom stereocenters. The van der Waals surface area contributed by atoms with Crippen LogP contribution in [0.15, 0.2) is 23.1 Å². The molecule has 2 heterocycles. The first-order chi connectivity index (χ1) is 11.0. The molecular formula is C16H19N3O3S. The SMILES string of the molecule is CC1Sc2ccc(C(=O)N3CCC(C(N)=O)CC3)cc2NC1=O. The van der Waals surface area contributed by atoms with Crippen LogP contribution in [0.25, 0.3) is 0 Å². The zero-order valence-electron chi connectivity index (χ0n) is 12.9. The smallest absolute Gasteiger partial charge is 0.253 e. The molecule has 7 heteroatoms. The molecule has 1 aromatic carbocycles. The van der Waals surface area contributed by atoms with E-state index < -0.39 is 0 Å². The highest BCUT2D eigenvalue weighted by Crippen LogP contribution is 2.36. The van der Waals surface area contributed by atoms with Crippen LogP contribution >= 0.6 is 11.8 Å². The molecule has 0 saturated carbocycles. The van der Waals surface area contributed by atoms with Crippen molar-refractivity contribution in [3.8, 4) is 0 Å². The van der Waals surface area contributed by atoms with Gasteiger partial charge in [-0.15, -0.1) is 11.8 Å². The van der Waals surface area contributed by atoms with Gasteiger partial charge in [0.25, 0.3) is 5.91 Å². The summed E-state index contributed by atoms with van der Waals surface area (Å²) in [7, 11) is 0. The minimum Gasteiger partial charge on any atom is -0.369 e. The van der Waals surface area contributed by atoms with Crippen LogP contribution in [-0.2, 0) is 9.59 Å². The molecule has 23 heavy (non-hydrogen) atoms. The van der Waals surface area contributed by atoms with E-state index in [1.165, 1.54) is 11.8 Å². The number of hydrogen-bond acceptors (Lipinski definition) is 4. The maximum Gasteiger partial charge on any atom is 0.253 e. The highest BCUT2D eigenvalue weighted by atomic mass is 32.2. The van der Waals surface area contributed by atoms with E-state index in [2.05, 4.69) is 5.32 Å². The van der Waals surface area contributed by atoms with Gasteiger partial charge in [-0.2, -0.15) is 0 Å². The fourth-order valence-corrected chi connectivity index (χ4v) is 3.82. The van der Waals surface area contributed by atoms with Gasteiger partial charge >= 0.3 is 0 Å². The van der Waals surface area contributed by atoms with Crippen molar-refractivity contribution in [2.24, 2.45) is 11.7 Å². The number of hydrogen-bond donors (Lipinski definition) is 2. The lowest BCUT2D eigenvalue weighted by Crippen LogP contribution is -2.41. The van der Waals surface area contributed by atoms with Gasteiger partial charge in [-0.3, -0.25) is 14.4 Å². The summed E-state index contributed by atoms with van der Waals surface area (Å²) >= 11 is 1.49. The van der Waals surface area contributed by atoms with Crippen LogP contribution in [-0.4, -0.2) is 41.0 Å². The van der Waals surface area contributed by atoms with Crippen molar-refractivity contribution < 1.29 is 14.4 Å². The van der Waals surface area contributed by atoms with Gasteiger partial charge in [0, 0.05) is 29.5 Å². The second-order valence-corrected chi connectivity index (χ2v) is 7.31. The summed E-state index contributed by atoms with van der Waals surface area (Å²) < 4.78 is 0. The third-order valence-corrected chi connectivity index (χ3v) is 5.52. The molecular weight excluding hydrogens is 314 g/mol. The molecule has 0 aromatic heterocycles. The van der Waals surface area contributed by atoms with Crippen LogP contribution in [0.4, 0.5) is 5.69 Å². The van der Waals surface area contributed by atoms with E-state index in [0.29, 0.717) is 37.2 Å². The average Bonchev–Trinajstić information content (AvgIpc) is 2.55. The first-order valence-electron chi connectivity index (χ1n) is 7.66. The standard InChI is InChI=1S/C16H19N3O3S/c1-9-15(21)18-12-8-11(2-3-13(12)23-9)16(22)19-6-4-10(5-7-19)14(17)20/h2-3,8-10H,4-7H2,1H3,(H2,17,20)(H,18,21). The third-order valence-electron chi connectivity index (χ3n) is 4.34. The van der Waals surface area contributed by atoms with Crippen molar-refractivity contribution in [2.45, 2.75) is 29.9 Å². The largest absolute Gasteiger partial charge is 0.369 e. The van der Waals surface area contributed by atoms with Crippen LogP contribution < -0.4 is 11.1 Å². The van der Waals surface area contributed by atoms with E-state index >= 15 is 0 Å². The second kappa shape index (κ2) is 6.23. The normalized spacial score (nSPS) is 21.5. The van der Waals surface area contributed by atoms with Crippen molar-refractivity contribution in [1.82, 2.24) is 4.90 Å². The lowest BCUT2D eigenvalue weighted by molar-refractivity contribution is -0.123. The second-order valence-electron chi connectivity index (χ2n) is 5.93. The lowest BCUT2D eigenvalue weighted by atomic mass is 9.96. The molecule has 2 aliphatic rings. The number of fused-ring (bicyclic) bond motifs is 1. The topological polar surface area (TPSA) is 92.5 Å². The molecule has 0 radical (unpaired) electrons. The Balaban J connectivity index is 1.73. The maximum atomic E-state index is 12.6. The lowest BCUT2D eigenvalue weighted by Gasteiger charge is -2.31. The van der Waals surface area contributed by atoms with Crippen LogP contribution in [0.3, 0.4) is 0 Å². The van der Waals surface area contributed by atoms with E-state index in [1.54, 1.807) is 17.0 Å². The molecule has 1 fully saturated rings. The number of anilines is 1. The Kier molecular flexibility index (Phi) is 4.30. The van der Waals surface area contributed by atoms with Gasteiger partial charge in [-0.25, -0.2) is 0 Å². The molecule has 1 aromatic rings. The molecule has 0 aliphatic carbocycles. The molecule has 122 valence electrons. The molecule has 2 aliphatic heterocycles. The average molecular weight is 333 g/mol. The Labute approximate surface area is 138 Å². The van der Waals surface area contributed by atoms with Gasteiger partial charge in [-0.1, -0.05) is 0 Å². The van der Waals surface area contributed by atoms with Crippen molar-refractivity contribution >= 4 is 35.2 Å². The van der Waals surface area contributed by atoms with E-state index in [9.17, 15) is 14.4 Å². The molecule has 3 rings (SSSR count). The first-order valence-corrected chi connectivity index (χ1v) is 8.54. The number of primary amides is 1. The van der Waals surface area contributed by atoms with E-state index in [1.807, 2.05) is 13.0 Å². The summed E-state index contributed by atoms with van der Waals surface area (Å²) in [6.45, 7) is 2.91. The fourth-order valence-electron chi connectivity index (χ4n) is 2.89. The summed E-state index contributed by atoms with van der Waals surface area (Å²) in [4.78, 5) is 38.3. The molecule has 0 bridgehead atoms. The summed E-state index contributed by atoms with van der Waals surface area (Å²) in [6.07, 6.45) is 1.21. The number of rotatable bonds is 2. The first kappa shape index (κ1) is 15.9. The summed E-state index contributed by atoms with van der Waals surface area (Å²) in [6, 6.07) is 5.40. The zero-order chi connectivity index (χ0) is 16.6. The number of nitrogens with zero attached hydrogens (tertiary/aromatic N) is 1. The van der Waals surface area contributed by atoms with E-state index in [4.69, 9.17) is 5.73 Å². The number of carbonyl (C=O) groups is 3. The van der Waals surface area contributed by atoms with Gasteiger partial charge in [0.1, 0.15) is 0 Å². The Morgan fingerprint density at radius 3 is 2.65 bits per heavy atom. The van der Waals surface area contributed by atoms with Crippen molar-refractivity contribution in [2.75, 3.05) is 18.4 Å². The van der Waals surface area contributed by atoms with Crippen molar-refractivity contribution in [3.05, 3.63) is 23.8 Å². The van der Waals surface area contributed by atoms with Crippen LogP contribution in [0, 0.1) is 5.92 Å². The fraction of sp³-hybridized carbons (Fsp3) is 0.438. The van der Waals surface area contributed by atoms with Gasteiger partial charge in [0.2, 0.25) is 11.8 Å². The molecule has 0 spiro atoms. The Morgan fingerprint density at radius 2 is 2.00 bits per heavy atom. The summed E-state index contributed by atoms with van der Waals surface area (Å²) in [5.41, 5.74) is 6.56. The zero-order valence-corrected chi connectivity index (χ0v) is 13.7. The van der Waals surface area contributed by atoms with Crippen LogP contribution in [0.1, 0.15) is 30.1 Å². The maximum absolute atomic E-state index is 12.6. The molecule has 1 saturated heterocycles. The van der Waals surface area contributed by atoms with Crippen molar-refractivity contribution in [1.29, 1.82) is 0 Å². The molecule has 6 nitrogen and oxygen atoms in total. The minimum atomic E-state index is -0.292. The number of thioether (sulfide) groups is 1. The number of piperidine rings is 1. The monoisotopic (exact) mass is 333 g/mol. The predicted octanol–water partition coefficient (Wildman–Crippen LogP) is 1.46. The third kappa shape index (κ3) is 3.19. The quantitative estimate of drug-likeness (QED) is 0.857. The van der Waals surface area contributed by atoms with Gasteiger partial charge in [0.05, 0.1) is 10.9 Å². The highest BCUT2D eigenvalue weighted by molar-refractivity contribution is 8.00. The number of nitrogens with two attached hydrogens (primary N) is 1. The highest BCUT2D eigenvalue weighted by Gasteiger charge is 2.28. The van der Waals surface area contributed by atoms with Gasteiger partial charge < -0.3 is 16.0 Å². The van der Waals surface area contributed by atoms with Crippen molar-refractivity contribution in [3.63, 3.8) is 0 Å². The van der Waals surface area contributed by atoms with E-state index in [-0.39, 0.29) is 28.9 Å². The predicted molar refractivity (Wildman–Crippen MR) is 88.2 cm³/mol. The molecule has 3 N–H and O–H groups in total. The summed E-state index contributed by atoms with van der Waals surface area (Å²) in [5, 5.41) is 2.71. The van der Waals surface area contributed by atoms with Gasteiger partial charge in [-0.05, 0) is 38.0 Å². The number of amides is 3. The van der Waals surface area contributed by atoms with Crippen LogP contribution in [0.5, 0.6) is 0 Å². The Bertz CT molecular complexity index is 669. The molecule has 1 unspecified atom stereocenters. The number of benzene rings is 1. The minimum absolute atomic E-state index is 0.0469. The number of carbonyl (C=O) groups excluding carboxylic acids is 3. The van der Waals surface area contributed by atoms with Crippen LogP contribution in [0.2, 0.25) is 0 Å². The molecule has 3 amide bonds. The Morgan fingerprint density at radius 1 is 1.30 bits per heavy atom. The Hall–Kier alpha value is -2.02. The van der Waals surface area contributed by atoms with E-state index in [0.717, 1.165) is 4.90 Å². The number of nitrogens with one attached hydrogen (secondary N) is 1. The number of likely N-dealkylation sites (tertiary alicyclic amines) is 1.